The molecule has 2 rings (SSSR count). The first kappa shape index (κ1) is 11.9. The van der Waals surface area contributed by atoms with Crippen molar-refractivity contribution in [1.82, 2.24) is 5.32 Å². The molecule has 0 fully saturated rings. The van der Waals surface area contributed by atoms with Crippen molar-refractivity contribution in [2.24, 2.45) is 5.92 Å². The van der Waals surface area contributed by atoms with Crippen molar-refractivity contribution in [3.8, 4) is 10.6 Å². The van der Waals surface area contributed by atoms with Gasteiger partial charge in [-0.05, 0) is 23.6 Å². The number of hydrogen-bond acceptors (Lipinski definition) is 3. The summed E-state index contributed by atoms with van der Waals surface area (Å²) in [5.74, 6) is 1.68. The maximum Gasteiger partial charge on any atom is 0.222 e. The highest BCUT2D eigenvalue weighted by molar-refractivity contribution is 7.13. The fraction of sp³-hybridized carbons (Fsp3) is 0.308. The van der Waals surface area contributed by atoms with Crippen LogP contribution in [0.1, 0.15) is 19.6 Å². The molecule has 2 aromatic heterocycles. The Bertz CT molecular complexity index is 485. The van der Waals surface area contributed by atoms with E-state index in [2.05, 4.69) is 5.32 Å². The Balaban J connectivity index is 1.97. The summed E-state index contributed by atoms with van der Waals surface area (Å²) in [6.45, 7) is 4.19. The second-order valence-corrected chi connectivity index (χ2v) is 5.06. The van der Waals surface area contributed by atoms with E-state index in [1.54, 1.807) is 11.3 Å². The number of carbonyl (C=O) groups excluding carboxylic acids is 1. The molecule has 0 aliphatic rings. The summed E-state index contributed by atoms with van der Waals surface area (Å²) in [7, 11) is 0. The maximum absolute atomic E-state index is 11.4. The van der Waals surface area contributed by atoms with Crippen LogP contribution >= 0.6 is 11.3 Å². The Morgan fingerprint density at radius 2 is 2.24 bits per heavy atom. The number of nitrogens with one attached hydrogen (secondary N) is 1. The molecule has 17 heavy (non-hydrogen) atoms. The van der Waals surface area contributed by atoms with E-state index >= 15 is 0 Å². The van der Waals surface area contributed by atoms with Crippen molar-refractivity contribution >= 4 is 17.2 Å². The number of hydrogen-bond donors (Lipinski definition) is 1. The average molecular weight is 249 g/mol. The summed E-state index contributed by atoms with van der Waals surface area (Å²) in [6, 6.07) is 7.83. The van der Waals surface area contributed by atoms with Gasteiger partial charge in [-0.3, -0.25) is 4.79 Å². The molecule has 0 aliphatic heterocycles. The van der Waals surface area contributed by atoms with Crippen LogP contribution in [-0.4, -0.2) is 5.91 Å². The highest BCUT2D eigenvalue weighted by Gasteiger charge is 2.09. The molecular weight excluding hydrogens is 234 g/mol. The molecule has 4 heteroatoms. The van der Waals surface area contributed by atoms with Crippen LogP contribution in [0.15, 0.2) is 34.1 Å². The van der Waals surface area contributed by atoms with E-state index in [-0.39, 0.29) is 11.8 Å². The Morgan fingerprint density at radius 1 is 1.41 bits per heavy atom. The summed E-state index contributed by atoms with van der Waals surface area (Å²) in [6.07, 6.45) is 0. The SMILES string of the molecule is CC(C)C(=O)NCc1ccc(-c2cccs2)o1. The monoisotopic (exact) mass is 249 g/mol. The molecule has 0 saturated carbocycles. The molecule has 1 amide bonds. The number of thiophene rings is 1. The van der Waals surface area contributed by atoms with Crippen LogP contribution in [0.2, 0.25) is 0 Å². The van der Waals surface area contributed by atoms with E-state index in [4.69, 9.17) is 4.42 Å². The number of carbonyl (C=O) groups is 1. The quantitative estimate of drug-likeness (QED) is 0.903. The minimum Gasteiger partial charge on any atom is -0.458 e. The molecule has 0 bridgehead atoms. The highest BCUT2D eigenvalue weighted by atomic mass is 32.1. The normalized spacial score (nSPS) is 10.8. The summed E-state index contributed by atoms with van der Waals surface area (Å²) >= 11 is 1.64. The van der Waals surface area contributed by atoms with E-state index in [0.717, 1.165) is 16.4 Å². The predicted octanol–water partition coefficient (Wildman–Crippen LogP) is 3.28. The summed E-state index contributed by atoms with van der Waals surface area (Å²) < 4.78 is 5.65. The van der Waals surface area contributed by atoms with Gasteiger partial charge < -0.3 is 9.73 Å². The zero-order chi connectivity index (χ0) is 12.3. The lowest BCUT2D eigenvalue weighted by atomic mass is 10.2. The van der Waals surface area contributed by atoms with Crippen molar-refractivity contribution in [3.05, 3.63) is 35.4 Å². The number of rotatable bonds is 4. The second kappa shape index (κ2) is 5.19. The van der Waals surface area contributed by atoms with Crippen LogP contribution in [0.5, 0.6) is 0 Å². The number of furan rings is 1. The third-order valence-electron chi connectivity index (χ3n) is 2.39. The van der Waals surface area contributed by atoms with Gasteiger partial charge in [-0.1, -0.05) is 19.9 Å². The van der Waals surface area contributed by atoms with Gasteiger partial charge in [-0.2, -0.15) is 0 Å². The van der Waals surface area contributed by atoms with Crippen LogP contribution in [0.3, 0.4) is 0 Å². The number of amides is 1. The van der Waals surface area contributed by atoms with E-state index in [1.807, 2.05) is 43.5 Å². The molecule has 1 N–H and O–H groups in total. The lowest BCUT2D eigenvalue weighted by Gasteiger charge is -2.05. The molecule has 2 aromatic rings. The van der Waals surface area contributed by atoms with Gasteiger partial charge in [-0.25, -0.2) is 0 Å². The van der Waals surface area contributed by atoms with E-state index in [9.17, 15) is 4.79 Å². The Kier molecular flexibility index (Phi) is 3.64. The van der Waals surface area contributed by atoms with Gasteiger partial charge in [-0.15, -0.1) is 11.3 Å². The molecule has 3 nitrogen and oxygen atoms in total. The van der Waals surface area contributed by atoms with E-state index < -0.39 is 0 Å². The molecule has 90 valence electrons. The largest absolute Gasteiger partial charge is 0.458 e. The minimum atomic E-state index is 0.00160. The first-order valence-electron chi connectivity index (χ1n) is 5.57. The van der Waals surface area contributed by atoms with Crippen LogP contribution in [0, 0.1) is 5.92 Å². The Labute approximate surface area is 104 Å². The van der Waals surface area contributed by atoms with Crippen LogP contribution in [-0.2, 0) is 11.3 Å². The molecule has 0 spiro atoms. The summed E-state index contributed by atoms with van der Waals surface area (Å²) in [4.78, 5) is 12.5. The molecule has 0 aliphatic carbocycles. The van der Waals surface area contributed by atoms with Crippen molar-refractivity contribution in [1.29, 1.82) is 0 Å². The first-order valence-corrected chi connectivity index (χ1v) is 6.45. The van der Waals surface area contributed by atoms with E-state index in [1.165, 1.54) is 0 Å². The Hall–Kier alpha value is -1.55. The lowest BCUT2D eigenvalue weighted by Crippen LogP contribution is -2.26. The van der Waals surface area contributed by atoms with E-state index in [0.29, 0.717) is 6.54 Å². The van der Waals surface area contributed by atoms with Gasteiger partial charge >= 0.3 is 0 Å². The van der Waals surface area contributed by atoms with Crippen LogP contribution in [0.25, 0.3) is 10.6 Å². The zero-order valence-corrected chi connectivity index (χ0v) is 10.7. The first-order chi connectivity index (χ1) is 8.16. The van der Waals surface area contributed by atoms with Gasteiger partial charge in [0, 0.05) is 5.92 Å². The molecule has 0 saturated heterocycles. The van der Waals surface area contributed by atoms with Gasteiger partial charge in [0.2, 0.25) is 5.91 Å². The third-order valence-corrected chi connectivity index (χ3v) is 3.27. The zero-order valence-electron chi connectivity index (χ0n) is 9.90. The fourth-order valence-electron chi connectivity index (χ4n) is 1.40. The molecule has 0 aromatic carbocycles. The van der Waals surface area contributed by atoms with Gasteiger partial charge in [0.25, 0.3) is 0 Å². The van der Waals surface area contributed by atoms with Gasteiger partial charge in [0.1, 0.15) is 11.5 Å². The topological polar surface area (TPSA) is 42.2 Å². The van der Waals surface area contributed by atoms with Crippen molar-refractivity contribution in [2.45, 2.75) is 20.4 Å². The summed E-state index contributed by atoms with van der Waals surface area (Å²) in [5.41, 5.74) is 0. The second-order valence-electron chi connectivity index (χ2n) is 4.12. The predicted molar refractivity (Wildman–Crippen MR) is 68.7 cm³/mol. The van der Waals surface area contributed by atoms with Crippen molar-refractivity contribution in [3.63, 3.8) is 0 Å². The fourth-order valence-corrected chi connectivity index (χ4v) is 2.09. The van der Waals surface area contributed by atoms with Crippen molar-refractivity contribution < 1.29 is 9.21 Å². The molecule has 0 atom stereocenters. The minimum absolute atomic E-state index is 0.00160. The maximum atomic E-state index is 11.4. The standard InChI is InChI=1S/C13H15NO2S/c1-9(2)13(15)14-8-10-5-6-11(16-10)12-4-3-7-17-12/h3-7,9H,8H2,1-2H3,(H,14,15). The molecular formula is C13H15NO2S. The summed E-state index contributed by atoms with van der Waals surface area (Å²) in [5, 5.41) is 4.84. The van der Waals surface area contributed by atoms with Crippen LogP contribution < -0.4 is 5.32 Å². The van der Waals surface area contributed by atoms with Gasteiger partial charge in [0.15, 0.2) is 0 Å². The van der Waals surface area contributed by atoms with Gasteiger partial charge in [0.05, 0.1) is 11.4 Å². The molecule has 0 unspecified atom stereocenters. The molecule has 0 radical (unpaired) electrons. The van der Waals surface area contributed by atoms with Crippen LogP contribution in [0.4, 0.5) is 0 Å². The average Bonchev–Trinajstić information content (AvgIpc) is 2.95. The Morgan fingerprint density at radius 3 is 2.88 bits per heavy atom. The molecule has 2 heterocycles. The lowest BCUT2D eigenvalue weighted by molar-refractivity contribution is -0.124. The smallest absolute Gasteiger partial charge is 0.222 e. The highest BCUT2D eigenvalue weighted by Crippen LogP contribution is 2.26. The van der Waals surface area contributed by atoms with Crippen molar-refractivity contribution in [2.75, 3.05) is 0 Å². The third kappa shape index (κ3) is 2.97.